The fourth-order valence-electron chi connectivity index (χ4n) is 2.87. The Kier molecular flexibility index (Phi) is 4.33. The van der Waals surface area contributed by atoms with Gasteiger partial charge in [0.15, 0.2) is 0 Å². The van der Waals surface area contributed by atoms with E-state index in [2.05, 4.69) is 9.97 Å². The summed E-state index contributed by atoms with van der Waals surface area (Å²) in [5, 5.41) is 2.83. The molecular formula is C20H16N4OS. The second-order valence-corrected chi connectivity index (χ2v) is 6.91. The van der Waals surface area contributed by atoms with Gasteiger partial charge in [-0.05, 0) is 12.1 Å². The molecule has 0 spiro atoms. The summed E-state index contributed by atoms with van der Waals surface area (Å²) in [4.78, 5) is 23.3. The minimum atomic E-state index is -0.496. The van der Waals surface area contributed by atoms with Crippen LogP contribution in [0.1, 0.15) is 4.88 Å². The van der Waals surface area contributed by atoms with Crippen LogP contribution in [-0.4, -0.2) is 16.0 Å². The number of amides is 2. The summed E-state index contributed by atoms with van der Waals surface area (Å²) in [6.45, 7) is 0.376. The van der Waals surface area contributed by atoms with Crippen LogP contribution in [0.2, 0.25) is 0 Å². The number of benzene rings is 2. The van der Waals surface area contributed by atoms with E-state index >= 15 is 0 Å². The summed E-state index contributed by atoms with van der Waals surface area (Å²) in [5.41, 5.74) is 7.51. The van der Waals surface area contributed by atoms with Gasteiger partial charge in [-0.3, -0.25) is 9.88 Å². The minimum absolute atomic E-state index is 0.376. The number of hydrogen-bond acceptors (Lipinski definition) is 4. The summed E-state index contributed by atoms with van der Waals surface area (Å²) in [7, 11) is 0. The first-order valence-electron chi connectivity index (χ1n) is 8.12. The number of aromatic nitrogens is 2. The molecule has 6 heteroatoms. The lowest BCUT2D eigenvalue weighted by Gasteiger charge is -2.21. The van der Waals surface area contributed by atoms with Gasteiger partial charge in [-0.25, -0.2) is 9.78 Å². The van der Waals surface area contributed by atoms with Crippen molar-refractivity contribution in [3.05, 3.63) is 78.1 Å². The van der Waals surface area contributed by atoms with Gasteiger partial charge in [0.05, 0.1) is 12.2 Å². The van der Waals surface area contributed by atoms with E-state index in [0.29, 0.717) is 6.54 Å². The van der Waals surface area contributed by atoms with Gasteiger partial charge >= 0.3 is 6.03 Å². The van der Waals surface area contributed by atoms with Gasteiger partial charge in [0.2, 0.25) is 0 Å². The van der Waals surface area contributed by atoms with E-state index in [9.17, 15) is 4.79 Å². The highest BCUT2D eigenvalue weighted by Gasteiger charge is 2.17. The quantitative estimate of drug-likeness (QED) is 0.585. The average molecular weight is 360 g/mol. The summed E-state index contributed by atoms with van der Waals surface area (Å²) < 4.78 is 0. The summed E-state index contributed by atoms with van der Waals surface area (Å²) in [6, 6.07) is 17.1. The highest BCUT2D eigenvalue weighted by atomic mass is 32.1. The van der Waals surface area contributed by atoms with Gasteiger partial charge in [0.25, 0.3) is 0 Å². The summed E-state index contributed by atoms with van der Waals surface area (Å²) in [6.07, 6.45) is 5.29. The Morgan fingerprint density at radius 2 is 1.88 bits per heavy atom. The number of carbonyl (C=O) groups is 1. The van der Waals surface area contributed by atoms with E-state index in [4.69, 9.17) is 5.73 Å². The predicted molar refractivity (Wildman–Crippen MR) is 105 cm³/mol. The molecule has 0 unspecified atom stereocenters. The SMILES string of the molecule is NC(=O)N(Cc1cnc(-c2ccccc2)s1)c1cccc2cnccc12. The van der Waals surface area contributed by atoms with E-state index in [1.807, 2.05) is 54.6 Å². The third-order valence-electron chi connectivity index (χ3n) is 4.10. The van der Waals surface area contributed by atoms with Crippen molar-refractivity contribution in [2.24, 2.45) is 5.73 Å². The number of primary amides is 1. The maximum atomic E-state index is 12.1. The summed E-state index contributed by atoms with van der Waals surface area (Å²) >= 11 is 1.56. The Morgan fingerprint density at radius 1 is 1.04 bits per heavy atom. The molecule has 0 radical (unpaired) electrons. The molecule has 2 aromatic heterocycles. The molecule has 26 heavy (non-hydrogen) atoms. The number of urea groups is 1. The number of nitrogens with zero attached hydrogens (tertiary/aromatic N) is 3. The average Bonchev–Trinajstić information content (AvgIpc) is 3.15. The maximum Gasteiger partial charge on any atom is 0.319 e. The lowest BCUT2D eigenvalue weighted by Crippen LogP contribution is -2.35. The number of nitrogens with two attached hydrogens (primary N) is 1. The zero-order valence-corrected chi connectivity index (χ0v) is 14.7. The van der Waals surface area contributed by atoms with Crippen LogP contribution in [0.3, 0.4) is 0 Å². The van der Waals surface area contributed by atoms with Crippen molar-refractivity contribution in [1.29, 1.82) is 0 Å². The predicted octanol–water partition coefficient (Wildman–Crippen LogP) is 4.44. The standard InChI is InChI=1S/C20H16N4OS/c21-20(25)24(18-8-4-7-15-11-22-10-9-17(15)18)13-16-12-23-19(26-16)14-5-2-1-3-6-14/h1-12H,13H2,(H2,21,25). The Hall–Kier alpha value is -3.25. The molecule has 0 atom stereocenters. The molecule has 128 valence electrons. The number of anilines is 1. The van der Waals surface area contributed by atoms with Crippen LogP contribution >= 0.6 is 11.3 Å². The molecule has 2 amide bonds. The molecule has 4 rings (SSSR count). The van der Waals surface area contributed by atoms with Crippen molar-refractivity contribution in [2.75, 3.05) is 4.90 Å². The number of pyridine rings is 1. The van der Waals surface area contributed by atoms with Crippen LogP contribution in [0.25, 0.3) is 21.3 Å². The Morgan fingerprint density at radius 3 is 2.69 bits per heavy atom. The van der Waals surface area contributed by atoms with Crippen LogP contribution < -0.4 is 10.6 Å². The third kappa shape index (κ3) is 3.14. The molecule has 5 nitrogen and oxygen atoms in total. The molecule has 0 saturated carbocycles. The minimum Gasteiger partial charge on any atom is -0.351 e. The fourth-order valence-corrected chi connectivity index (χ4v) is 3.78. The molecule has 2 aromatic carbocycles. The van der Waals surface area contributed by atoms with Gasteiger partial charge < -0.3 is 5.73 Å². The summed E-state index contributed by atoms with van der Waals surface area (Å²) in [5.74, 6) is 0. The zero-order chi connectivity index (χ0) is 17.9. The number of thiazole rings is 1. The van der Waals surface area contributed by atoms with Crippen LogP contribution in [0, 0.1) is 0 Å². The van der Waals surface area contributed by atoms with Crippen molar-refractivity contribution in [3.63, 3.8) is 0 Å². The van der Waals surface area contributed by atoms with Crippen molar-refractivity contribution in [3.8, 4) is 10.6 Å². The van der Waals surface area contributed by atoms with E-state index < -0.39 is 6.03 Å². The lowest BCUT2D eigenvalue weighted by atomic mass is 10.1. The van der Waals surface area contributed by atoms with Gasteiger partial charge in [-0.1, -0.05) is 42.5 Å². The third-order valence-corrected chi connectivity index (χ3v) is 5.13. The second-order valence-electron chi connectivity index (χ2n) is 5.80. The molecule has 0 aliphatic heterocycles. The fraction of sp³-hybridized carbons (Fsp3) is 0.0500. The molecule has 0 bridgehead atoms. The topological polar surface area (TPSA) is 72.1 Å². The van der Waals surface area contributed by atoms with Crippen LogP contribution in [0.15, 0.2) is 73.2 Å². The normalized spacial score (nSPS) is 10.8. The van der Waals surface area contributed by atoms with Crippen LogP contribution in [-0.2, 0) is 6.54 Å². The number of fused-ring (bicyclic) bond motifs is 1. The first-order chi connectivity index (χ1) is 12.7. The number of hydrogen-bond donors (Lipinski definition) is 1. The molecule has 0 saturated heterocycles. The molecule has 4 aromatic rings. The van der Waals surface area contributed by atoms with Crippen molar-refractivity contribution in [2.45, 2.75) is 6.54 Å². The molecular weight excluding hydrogens is 344 g/mol. The van der Waals surface area contributed by atoms with E-state index in [1.54, 1.807) is 34.8 Å². The first kappa shape index (κ1) is 16.2. The van der Waals surface area contributed by atoms with Gasteiger partial charge in [0, 0.05) is 39.8 Å². The van der Waals surface area contributed by atoms with Gasteiger partial charge in [0.1, 0.15) is 5.01 Å². The smallest absolute Gasteiger partial charge is 0.319 e. The van der Waals surface area contributed by atoms with E-state index in [0.717, 1.165) is 31.9 Å². The van der Waals surface area contributed by atoms with Crippen molar-refractivity contribution >= 4 is 33.8 Å². The van der Waals surface area contributed by atoms with Gasteiger partial charge in [-0.2, -0.15) is 0 Å². The Bertz CT molecular complexity index is 1060. The highest BCUT2D eigenvalue weighted by molar-refractivity contribution is 7.15. The number of carbonyl (C=O) groups excluding carboxylic acids is 1. The molecule has 0 fully saturated rings. The number of rotatable bonds is 4. The Balaban J connectivity index is 1.68. The van der Waals surface area contributed by atoms with Crippen molar-refractivity contribution in [1.82, 2.24) is 9.97 Å². The second kappa shape index (κ2) is 6.93. The zero-order valence-electron chi connectivity index (χ0n) is 13.9. The van der Waals surface area contributed by atoms with E-state index in [-0.39, 0.29) is 0 Å². The van der Waals surface area contributed by atoms with Crippen LogP contribution in [0.4, 0.5) is 10.5 Å². The molecule has 2 heterocycles. The highest BCUT2D eigenvalue weighted by Crippen LogP contribution is 2.30. The van der Waals surface area contributed by atoms with Gasteiger partial charge in [-0.15, -0.1) is 11.3 Å². The first-order valence-corrected chi connectivity index (χ1v) is 8.94. The van der Waals surface area contributed by atoms with Crippen LogP contribution in [0.5, 0.6) is 0 Å². The lowest BCUT2D eigenvalue weighted by molar-refractivity contribution is 0.254. The Labute approximate surface area is 154 Å². The molecule has 0 aliphatic carbocycles. The largest absolute Gasteiger partial charge is 0.351 e. The molecule has 2 N–H and O–H groups in total. The maximum absolute atomic E-state index is 12.1. The monoisotopic (exact) mass is 360 g/mol. The van der Waals surface area contributed by atoms with E-state index in [1.165, 1.54) is 0 Å². The molecule has 0 aliphatic rings. The van der Waals surface area contributed by atoms with Crippen molar-refractivity contribution < 1.29 is 4.79 Å².